The standard InChI is InChI=1S/C22H23FN2O2/c1-25(2)20(18-11-7-9-16-8-3-4-10-17(16)18)14-24-22(26)15-27-21-13-6-5-12-19(21)23/h3-13,20H,14-15H2,1-2H3,(H,24,26)/t20-/m0/s1. The van der Waals surface area contributed by atoms with Crippen molar-refractivity contribution in [1.82, 2.24) is 10.2 Å². The van der Waals surface area contributed by atoms with Gasteiger partial charge in [-0.3, -0.25) is 4.79 Å². The number of amides is 1. The number of nitrogens with one attached hydrogen (secondary N) is 1. The summed E-state index contributed by atoms with van der Waals surface area (Å²) in [6, 6.07) is 20.4. The Morgan fingerprint density at radius 1 is 1.04 bits per heavy atom. The minimum atomic E-state index is -0.479. The Balaban J connectivity index is 1.66. The first-order valence-electron chi connectivity index (χ1n) is 8.84. The van der Waals surface area contributed by atoms with Crippen molar-refractivity contribution in [3.05, 3.63) is 78.1 Å². The fourth-order valence-corrected chi connectivity index (χ4v) is 3.08. The van der Waals surface area contributed by atoms with Crippen molar-refractivity contribution >= 4 is 16.7 Å². The summed E-state index contributed by atoms with van der Waals surface area (Å²) in [7, 11) is 3.96. The van der Waals surface area contributed by atoms with Crippen molar-refractivity contribution in [3.63, 3.8) is 0 Å². The van der Waals surface area contributed by atoms with E-state index in [9.17, 15) is 9.18 Å². The molecule has 0 radical (unpaired) electrons. The Morgan fingerprint density at radius 2 is 1.74 bits per heavy atom. The number of carbonyl (C=O) groups excluding carboxylic acids is 1. The smallest absolute Gasteiger partial charge is 0.258 e. The second kappa shape index (κ2) is 8.64. The third kappa shape index (κ3) is 4.63. The second-order valence-corrected chi connectivity index (χ2v) is 6.57. The number of hydrogen-bond acceptors (Lipinski definition) is 3. The molecule has 3 aromatic rings. The number of fused-ring (bicyclic) bond motifs is 1. The lowest BCUT2D eigenvalue weighted by molar-refractivity contribution is -0.123. The van der Waals surface area contributed by atoms with Crippen molar-refractivity contribution in [1.29, 1.82) is 0 Å². The predicted octanol–water partition coefficient (Wildman–Crippen LogP) is 3.78. The molecule has 27 heavy (non-hydrogen) atoms. The van der Waals surface area contributed by atoms with Gasteiger partial charge in [0.25, 0.3) is 5.91 Å². The van der Waals surface area contributed by atoms with Crippen molar-refractivity contribution < 1.29 is 13.9 Å². The van der Waals surface area contributed by atoms with Gasteiger partial charge >= 0.3 is 0 Å². The first-order chi connectivity index (χ1) is 13.1. The normalized spacial score (nSPS) is 12.1. The maximum Gasteiger partial charge on any atom is 0.258 e. The summed E-state index contributed by atoms with van der Waals surface area (Å²) < 4.78 is 18.8. The molecule has 0 aliphatic heterocycles. The zero-order valence-corrected chi connectivity index (χ0v) is 15.5. The van der Waals surface area contributed by atoms with Gasteiger partial charge in [-0.1, -0.05) is 54.6 Å². The minimum absolute atomic E-state index is 0.00788. The van der Waals surface area contributed by atoms with Crippen LogP contribution in [0.5, 0.6) is 5.75 Å². The van der Waals surface area contributed by atoms with Gasteiger partial charge < -0.3 is 15.0 Å². The SMILES string of the molecule is CN(C)[C@@H](CNC(=O)COc1ccccc1F)c1cccc2ccccc12. The Hall–Kier alpha value is -2.92. The number of rotatable bonds is 7. The molecule has 140 valence electrons. The highest BCUT2D eigenvalue weighted by Gasteiger charge is 2.18. The third-order valence-electron chi connectivity index (χ3n) is 4.49. The van der Waals surface area contributed by atoms with E-state index in [1.807, 2.05) is 32.3 Å². The Labute approximate surface area is 158 Å². The molecule has 0 saturated carbocycles. The molecule has 0 aliphatic rings. The molecule has 0 saturated heterocycles. The lowest BCUT2D eigenvalue weighted by Crippen LogP contribution is -2.37. The number of nitrogens with zero attached hydrogens (tertiary/aromatic N) is 1. The van der Waals surface area contributed by atoms with Gasteiger partial charge in [-0.25, -0.2) is 4.39 Å². The summed E-state index contributed by atoms with van der Waals surface area (Å²) in [4.78, 5) is 14.2. The van der Waals surface area contributed by atoms with Gasteiger partial charge in [0.1, 0.15) is 0 Å². The molecular formula is C22H23FN2O2. The molecule has 3 rings (SSSR count). The van der Waals surface area contributed by atoms with Gasteiger partial charge in [-0.15, -0.1) is 0 Å². The Kier molecular flexibility index (Phi) is 6.04. The van der Waals surface area contributed by atoms with Gasteiger partial charge in [0.2, 0.25) is 0 Å². The van der Waals surface area contributed by atoms with Gasteiger partial charge in [0.15, 0.2) is 18.2 Å². The Morgan fingerprint density at radius 3 is 2.52 bits per heavy atom. The lowest BCUT2D eigenvalue weighted by atomic mass is 9.98. The molecule has 0 bridgehead atoms. The molecule has 0 heterocycles. The molecule has 0 aliphatic carbocycles. The first kappa shape index (κ1) is 18.9. The van der Waals surface area contributed by atoms with E-state index in [-0.39, 0.29) is 24.3 Å². The molecule has 1 atom stereocenters. The second-order valence-electron chi connectivity index (χ2n) is 6.57. The van der Waals surface area contributed by atoms with E-state index in [0.717, 1.165) is 16.3 Å². The van der Waals surface area contributed by atoms with Crippen LogP contribution in [0.15, 0.2) is 66.7 Å². The first-order valence-corrected chi connectivity index (χ1v) is 8.84. The number of likely N-dealkylation sites (N-methyl/N-ethyl adjacent to an activating group) is 1. The minimum Gasteiger partial charge on any atom is -0.481 e. The molecular weight excluding hydrogens is 343 g/mol. The van der Waals surface area contributed by atoms with E-state index in [0.29, 0.717) is 6.54 Å². The highest BCUT2D eigenvalue weighted by Crippen LogP contribution is 2.26. The number of para-hydroxylation sites is 1. The summed E-state index contributed by atoms with van der Waals surface area (Å²) in [5.41, 5.74) is 1.15. The third-order valence-corrected chi connectivity index (χ3v) is 4.49. The van der Waals surface area contributed by atoms with E-state index in [4.69, 9.17) is 4.74 Å². The van der Waals surface area contributed by atoms with Crippen LogP contribution in [0.4, 0.5) is 4.39 Å². The van der Waals surface area contributed by atoms with Gasteiger partial charge in [-0.2, -0.15) is 0 Å². The molecule has 0 unspecified atom stereocenters. The lowest BCUT2D eigenvalue weighted by Gasteiger charge is -2.26. The quantitative estimate of drug-likeness (QED) is 0.692. The van der Waals surface area contributed by atoms with Crippen molar-refractivity contribution in [2.75, 3.05) is 27.2 Å². The molecule has 3 aromatic carbocycles. The zero-order chi connectivity index (χ0) is 19.2. The summed E-state index contributed by atoms with van der Waals surface area (Å²) in [5, 5.41) is 5.21. The molecule has 1 N–H and O–H groups in total. The topological polar surface area (TPSA) is 41.6 Å². The zero-order valence-electron chi connectivity index (χ0n) is 15.5. The van der Waals surface area contributed by atoms with Crippen LogP contribution in [0.1, 0.15) is 11.6 Å². The molecule has 5 heteroatoms. The average molecular weight is 366 g/mol. The number of hydrogen-bond donors (Lipinski definition) is 1. The number of ether oxygens (including phenoxy) is 1. The monoisotopic (exact) mass is 366 g/mol. The summed E-state index contributed by atoms with van der Waals surface area (Å²) in [6.07, 6.45) is 0. The Bertz CT molecular complexity index is 922. The predicted molar refractivity (Wildman–Crippen MR) is 105 cm³/mol. The maximum atomic E-state index is 13.6. The van der Waals surface area contributed by atoms with E-state index >= 15 is 0 Å². The highest BCUT2D eigenvalue weighted by molar-refractivity contribution is 5.86. The molecule has 0 spiro atoms. The van der Waals surface area contributed by atoms with Crippen LogP contribution in [0.2, 0.25) is 0 Å². The molecule has 0 fully saturated rings. The van der Waals surface area contributed by atoms with E-state index in [1.165, 1.54) is 12.1 Å². The van der Waals surface area contributed by atoms with E-state index in [2.05, 4.69) is 34.5 Å². The van der Waals surface area contributed by atoms with Crippen molar-refractivity contribution in [2.24, 2.45) is 0 Å². The average Bonchev–Trinajstić information content (AvgIpc) is 2.67. The maximum absolute atomic E-state index is 13.6. The number of benzene rings is 3. The van der Waals surface area contributed by atoms with Crippen molar-refractivity contribution in [2.45, 2.75) is 6.04 Å². The van der Waals surface area contributed by atoms with Crippen LogP contribution in [0.25, 0.3) is 10.8 Å². The van der Waals surface area contributed by atoms with Crippen LogP contribution in [0.3, 0.4) is 0 Å². The van der Waals surface area contributed by atoms with Crippen LogP contribution in [0, 0.1) is 5.82 Å². The van der Waals surface area contributed by atoms with Crippen LogP contribution in [-0.4, -0.2) is 38.1 Å². The molecule has 1 amide bonds. The fourth-order valence-electron chi connectivity index (χ4n) is 3.08. The number of halogens is 1. The van der Waals surface area contributed by atoms with Crippen LogP contribution in [-0.2, 0) is 4.79 Å². The summed E-state index contributed by atoms with van der Waals surface area (Å²) >= 11 is 0. The van der Waals surface area contributed by atoms with Crippen LogP contribution < -0.4 is 10.1 Å². The summed E-state index contributed by atoms with van der Waals surface area (Å²) in [5.74, 6) is -0.691. The molecule has 4 nitrogen and oxygen atoms in total. The van der Waals surface area contributed by atoms with Gasteiger partial charge in [-0.05, 0) is 42.6 Å². The highest BCUT2D eigenvalue weighted by atomic mass is 19.1. The molecule has 0 aromatic heterocycles. The van der Waals surface area contributed by atoms with Gasteiger partial charge in [0.05, 0.1) is 6.04 Å². The summed E-state index contributed by atoms with van der Waals surface area (Å²) in [6.45, 7) is 0.205. The van der Waals surface area contributed by atoms with E-state index in [1.54, 1.807) is 12.1 Å². The largest absolute Gasteiger partial charge is 0.481 e. The fraction of sp³-hybridized carbons (Fsp3) is 0.227. The van der Waals surface area contributed by atoms with Crippen LogP contribution >= 0.6 is 0 Å². The van der Waals surface area contributed by atoms with Crippen molar-refractivity contribution in [3.8, 4) is 5.75 Å². The van der Waals surface area contributed by atoms with Gasteiger partial charge in [0, 0.05) is 6.54 Å². The number of carbonyl (C=O) groups is 1. The van der Waals surface area contributed by atoms with E-state index < -0.39 is 5.82 Å².